The fourth-order valence-corrected chi connectivity index (χ4v) is 1.84. The highest BCUT2D eigenvalue weighted by atomic mass is 32.1. The van der Waals surface area contributed by atoms with Crippen LogP contribution < -0.4 is 5.73 Å². The van der Waals surface area contributed by atoms with Crippen molar-refractivity contribution in [3.05, 3.63) is 21.8 Å². The monoisotopic (exact) mass is 247 g/mol. The van der Waals surface area contributed by atoms with Gasteiger partial charge in [-0.15, -0.1) is 11.3 Å². The van der Waals surface area contributed by atoms with Crippen LogP contribution in [0.4, 0.5) is 13.2 Å². The molecule has 1 rings (SSSR count). The fourth-order valence-electron chi connectivity index (χ4n) is 1.03. The lowest BCUT2D eigenvalue weighted by Crippen LogP contribution is -2.11. The van der Waals surface area contributed by atoms with Crippen molar-refractivity contribution >= 4 is 16.9 Å². The van der Waals surface area contributed by atoms with E-state index in [0.29, 0.717) is 0 Å². The molecule has 16 heavy (non-hydrogen) atoms. The minimum atomic E-state index is -4.29. The number of alkyl halides is 3. The summed E-state index contributed by atoms with van der Waals surface area (Å²) in [5.74, 6) is 0. The predicted molar refractivity (Wildman–Crippen MR) is 54.3 cm³/mol. The van der Waals surface area contributed by atoms with Gasteiger partial charge in [0.25, 0.3) is 0 Å². The molecule has 0 radical (unpaired) electrons. The quantitative estimate of drug-likeness (QED) is 0.816. The Morgan fingerprint density at radius 2 is 2.25 bits per heavy atom. The highest BCUT2D eigenvalue weighted by Crippen LogP contribution is 2.25. The number of allylic oxidation sites excluding steroid dienone is 2. The van der Waals surface area contributed by atoms with Gasteiger partial charge in [0.1, 0.15) is 11.1 Å². The minimum absolute atomic E-state index is 0.0727. The van der Waals surface area contributed by atoms with Crippen molar-refractivity contribution in [2.45, 2.75) is 19.5 Å². The van der Waals surface area contributed by atoms with Crippen LogP contribution in [0.3, 0.4) is 0 Å². The van der Waals surface area contributed by atoms with Crippen LogP contribution in [-0.4, -0.2) is 11.2 Å². The molecule has 0 aliphatic rings. The van der Waals surface area contributed by atoms with Gasteiger partial charge >= 0.3 is 6.18 Å². The highest BCUT2D eigenvalue weighted by Gasteiger charge is 2.29. The van der Waals surface area contributed by atoms with E-state index in [1.54, 1.807) is 0 Å². The summed E-state index contributed by atoms with van der Waals surface area (Å²) in [4.78, 5) is 3.73. The van der Waals surface area contributed by atoms with E-state index in [-0.39, 0.29) is 22.0 Å². The van der Waals surface area contributed by atoms with Gasteiger partial charge in [-0.3, -0.25) is 0 Å². The van der Waals surface area contributed by atoms with Gasteiger partial charge in [-0.05, 0) is 6.92 Å². The van der Waals surface area contributed by atoms with Crippen molar-refractivity contribution in [1.82, 2.24) is 4.98 Å². The Kier molecular flexibility index (Phi) is 3.55. The van der Waals surface area contributed by atoms with Crippen LogP contribution in [-0.2, 0) is 6.42 Å². The van der Waals surface area contributed by atoms with Crippen LogP contribution in [0.2, 0.25) is 0 Å². The summed E-state index contributed by atoms with van der Waals surface area (Å²) in [5, 5.41) is 10.1. The molecule has 2 N–H and O–H groups in total. The first-order valence-electron chi connectivity index (χ1n) is 4.21. The molecule has 0 fully saturated rings. The number of hydrogen-bond acceptors (Lipinski definition) is 4. The summed E-state index contributed by atoms with van der Waals surface area (Å²) in [6.45, 7) is 1.50. The summed E-state index contributed by atoms with van der Waals surface area (Å²) in [5.41, 5.74) is 5.97. The maximum Gasteiger partial charge on any atom is 0.395 e. The summed E-state index contributed by atoms with van der Waals surface area (Å²) in [6.07, 6.45) is -5.37. The van der Waals surface area contributed by atoms with Crippen molar-refractivity contribution in [3.8, 4) is 6.07 Å². The second-order valence-corrected chi connectivity index (χ2v) is 4.03. The highest BCUT2D eigenvalue weighted by molar-refractivity contribution is 7.09. The van der Waals surface area contributed by atoms with Crippen molar-refractivity contribution < 1.29 is 13.2 Å². The van der Waals surface area contributed by atoms with Crippen LogP contribution in [0.5, 0.6) is 0 Å². The molecular formula is C9H8F3N3S. The molecule has 0 aliphatic carbocycles. The number of nitriles is 1. The maximum atomic E-state index is 12.1. The molecule has 0 saturated carbocycles. The zero-order valence-electron chi connectivity index (χ0n) is 8.30. The average Bonchev–Trinajstić information content (AvgIpc) is 2.50. The van der Waals surface area contributed by atoms with Crippen molar-refractivity contribution in [2.75, 3.05) is 0 Å². The Morgan fingerprint density at radius 3 is 2.69 bits per heavy atom. The summed E-state index contributed by atoms with van der Waals surface area (Å²) >= 11 is 0.866. The summed E-state index contributed by atoms with van der Waals surface area (Å²) in [6, 6.07) is 1.81. The molecule has 0 atom stereocenters. The van der Waals surface area contributed by atoms with E-state index in [1.807, 2.05) is 6.07 Å². The molecule has 0 unspecified atom stereocenters. The topological polar surface area (TPSA) is 62.7 Å². The second kappa shape index (κ2) is 4.53. The first-order valence-corrected chi connectivity index (χ1v) is 5.09. The SMILES string of the molecule is C/C(N)=C(\C#N)c1csc(CC(F)(F)F)n1. The Balaban J connectivity index is 2.97. The summed E-state index contributed by atoms with van der Waals surface area (Å²) in [7, 11) is 0. The van der Waals surface area contributed by atoms with Crippen LogP contribution in [0.25, 0.3) is 5.57 Å². The molecule has 1 aromatic rings. The van der Waals surface area contributed by atoms with Gasteiger partial charge in [0, 0.05) is 11.1 Å². The molecule has 0 bridgehead atoms. The van der Waals surface area contributed by atoms with E-state index >= 15 is 0 Å². The largest absolute Gasteiger partial charge is 0.401 e. The van der Waals surface area contributed by atoms with Crippen LogP contribution in [0.1, 0.15) is 17.6 Å². The smallest absolute Gasteiger partial charge is 0.395 e. The van der Waals surface area contributed by atoms with Gasteiger partial charge in [-0.25, -0.2) is 4.98 Å². The first kappa shape index (κ1) is 12.5. The maximum absolute atomic E-state index is 12.1. The van der Waals surface area contributed by atoms with E-state index in [0.717, 1.165) is 11.3 Å². The van der Waals surface area contributed by atoms with Gasteiger partial charge in [0.05, 0.1) is 17.7 Å². The van der Waals surface area contributed by atoms with Gasteiger partial charge in [0.2, 0.25) is 0 Å². The number of halogens is 3. The molecule has 0 aromatic carbocycles. The van der Waals surface area contributed by atoms with Gasteiger partial charge in [-0.1, -0.05) is 0 Å². The molecule has 3 nitrogen and oxygen atoms in total. The van der Waals surface area contributed by atoms with E-state index in [2.05, 4.69) is 4.98 Å². The number of nitrogens with zero attached hydrogens (tertiary/aromatic N) is 2. The molecular weight excluding hydrogens is 239 g/mol. The van der Waals surface area contributed by atoms with Crippen LogP contribution >= 0.6 is 11.3 Å². The zero-order chi connectivity index (χ0) is 12.3. The molecule has 86 valence electrons. The average molecular weight is 247 g/mol. The lowest BCUT2D eigenvalue weighted by molar-refractivity contribution is -0.127. The lowest BCUT2D eigenvalue weighted by Gasteiger charge is -2.01. The number of thiazole rings is 1. The number of aromatic nitrogens is 1. The molecule has 0 amide bonds. The Bertz CT molecular complexity index is 449. The molecule has 0 spiro atoms. The molecule has 1 heterocycles. The molecule has 1 aromatic heterocycles. The van der Waals surface area contributed by atoms with E-state index < -0.39 is 12.6 Å². The number of nitrogens with two attached hydrogens (primary N) is 1. The predicted octanol–water partition coefficient (Wildman–Crippen LogP) is 2.46. The Morgan fingerprint density at radius 1 is 1.62 bits per heavy atom. The van der Waals surface area contributed by atoms with Gasteiger partial charge in [-0.2, -0.15) is 18.4 Å². The standard InChI is InChI=1S/C9H8F3N3S/c1-5(14)6(3-13)7-4-16-8(15-7)2-9(10,11)12/h4H,2,14H2,1H3/b6-5-. The third-order valence-electron chi connectivity index (χ3n) is 1.67. The number of hydrogen-bond donors (Lipinski definition) is 1. The third kappa shape index (κ3) is 3.24. The third-order valence-corrected chi connectivity index (χ3v) is 2.51. The normalized spacial score (nSPS) is 13.2. The van der Waals surface area contributed by atoms with Crippen molar-refractivity contribution in [3.63, 3.8) is 0 Å². The van der Waals surface area contributed by atoms with Gasteiger partial charge in [0.15, 0.2) is 0 Å². The lowest BCUT2D eigenvalue weighted by atomic mass is 10.2. The Labute approximate surface area is 94.0 Å². The van der Waals surface area contributed by atoms with Crippen molar-refractivity contribution in [1.29, 1.82) is 5.26 Å². The number of rotatable bonds is 2. The van der Waals surface area contributed by atoms with Crippen LogP contribution in [0.15, 0.2) is 11.1 Å². The zero-order valence-corrected chi connectivity index (χ0v) is 9.11. The van der Waals surface area contributed by atoms with Gasteiger partial charge < -0.3 is 5.73 Å². The van der Waals surface area contributed by atoms with Crippen LogP contribution in [0, 0.1) is 11.3 Å². The summed E-state index contributed by atoms with van der Waals surface area (Å²) < 4.78 is 36.2. The first-order chi connectivity index (χ1) is 7.33. The molecule has 0 aliphatic heterocycles. The van der Waals surface area contributed by atoms with E-state index in [4.69, 9.17) is 11.0 Å². The van der Waals surface area contributed by atoms with E-state index in [1.165, 1.54) is 12.3 Å². The molecule has 7 heteroatoms. The molecule has 0 saturated heterocycles. The van der Waals surface area contributed by atoms with E-state index in [9.17, 15) is 13.2 Å². The second-order valence-electron chi connectivity index (χ2n) is 3.09. The fraction of sp³-hybridized carbons (Fsp3) is 0.333. The Hall–Kier alpha value is -1.55. The van der Waals surface area contributed by atoms with Crippen molar-refractivity contribution in [2.24, 2.45) is 5.73 Å². The minimum Gasteiger partial charge on any atom is -0.401 e.